The summed E-state index contributed by atoms with van der Waals surface area (Å²) in [6, 6.07) is 0. The normalized spacial score (nSPS) is 7.67. The van der Waals surface area contributed by atoms with Crippen molar-refractivity contribution in [1.29, 1.82) is 0 Å². The van der Waals surface area contributed by atoms with Crippen molar-refractivity contribution in [3.05, 3.63) is 0 Å². The second-order valence-corrected chi connectivity index (χ2v) is 1.44. The van der Waals surface area contributed by atoms with Gasteiger partial charge in [0.25, 0.3) is 0 Å². The van der Waals surface area contributed by atoms with Gasteiger partial charge in [0.15, 0.2) is 0 Å². The van der Waals surface area contributed by atoms with Crippen molar-refractivity contribution >= 4 is 11.9 Å². The van der Waals surface area contributed by atoms with E-state index in [1.54, 1.807) is 13.8 Å². The largest absolute Gasteiger partial charge is 0.458 e. The molecule has 0 amide bonds. The summed E-state index contributed by atoms with van der Waals surface area (Å²) in [7, 11) is 1.00. The molecule has 0 bridgehead atoms. The smallest absolute Gasteiger partial charge is 0.417 e. The quantitative estimate of drug-likeness (QED) is 0.465. The van der Waals surface area contributed by atoms with E-state index in [1.807, 2.05) is 0 Å². The summed E-state index contributed by atoms with van der Waals surface area (Å²) in [5, 5.41) is 7.00. The zero-order valence-corrected chi connectivity index (χ0v) is 7.49. The maximum atomic E-state index is 10.4. The molecule has 0 aromatic carbocycles. The second-order valence-electron chi connectivity index (χ2n) is 1.44. The van der Waals surface area contributed by atoms with E-state index in [2.05, 4.69) is 9.47 Å². The molecule has 1 N–H and O–H groups in total. The molecular formula is C7H14O5. The summed E-state index contributed by atoms with van der Waals surface area (Å²) < 4.78 is 8.69. The van der Waals surface area contributed by atoms with Crippen molar-refractivity contribution in [1.82, 2.24) is 0 Å². The first-order valence-corrected chi connectivity index (χ1v) is 3.51. The summed E-state index contributed by atoms with van der Waals surface area (Å²) in [6.07, 6.45) is 0. The van der Waals surface area contributed by atoms with E-state index >= 15 is 0 Å². The number of hydrogen-bond donors (Lipinski definition) is 1. The molecule has 0 aliphatic carbocycles. The molecular weight excluding hydrogens is 164 g/mol. The number of hydrogen-bond acceptors (Lipinski definition) is 5. The van der Waals surface area contributed by atoms with E-state index in [0.29, 0.717) is 0 Å². The van der Waals surface area contributed by atoms with E-state index in [4.69, 9.17) is 5.11 Å². The van der Waals surface area contributed by atoms with Crippen molar-refractivity contribution in [2.24, 2.45) is 0 Å². The molecule has 12 heavy (non-hydrogen) atoms. The molecule has 0 radical (unpaired) electrons. The van der Waals surface area contributed by atoms with Crippen molar-refractivity contribution < 1.29 is 24.2 Å². The van der Waals surface area contributed by atoms with Crippen molar-refractivity contribution in [3.63, 3.8) is 0 Å². The van der Waals surface area contributed by atoms with E-state index in [0.717, 1.165) is 7.11 Å². The molecule has 5 nitrogen and oxygen atoms in total. The minimum Gasteiger partial charge on any atom is -0.458 e. The minimum atomic E-state index is -0.927. The molecule has 0 aliphatic rings. The number of carbonyl (C=O) groups excluding carboxylic acids is 2. The SMILES string of the molecule is CCOC(=O)C(=O)OCC.CO. The van der Waals surface area contributed by atoms with Crippen LogP contribution in [0.15, 0.2) is 0 Å². The Kier molecular flexibility index (Phi) is 11.1. The molecule has 0 spiro atoms. The highest BCUT2D eigenvalue weighted by molar-refractivity contribution is 6.29. The number of rotatable bonds is 2. The van der Waals surface area contributed by atoms with E-state index in [-0.39, 0.29) is 13.2 Å². The Morgan fingerprint density at radius 3 is 1.42 bits per heavy atom. The van der Waals surface area contributed by atoms with Crippen molar-refractivity contribution in [2.45, 2.75) is 13.8 Å². The van der Waals surface area contributed by atoms with Crippen LogP contribution in [0, 0.1) is 0 Å². The van der Waals surface area contributed by atoms with E-state index < -0.39 is 11.9 Å². The van der Waals surface area contributed by atoms with Gasteiger partial charge in [0, 0.05) is 7.11 Å². The molecule has 0 aliphatic heterocycles. The lowest BCUT2D eigenvalue weighted by Crippen LogP contribution is -2.19. The Labute approximate surface area is 71.3 Å². The Hall–Kier alpha value is -1.10. The first-order valence-electron chi connectivity index (χ1n) is 3.51. The molecule has 0 atom stereocenters. The summed E-state index contributed by atoms with van der Waals surface area (Å²) in [6.45, 7) is 3.63. The Balaban J connectivity index is 0. The predicted molar refractivity (Wildman–Crippen MR) is 41.4 cm³/mol. The molecule has 0 saturated carbocycles. The lowest BCUT2D eigenvalue weighted by atomic mass is 10.7. The summed E-state index contributed by atoms with van der Waals surface area (Å²) in [5.74, 6) is -1.85. The Morgan fingerprint density at radius 2 is 1.25 bits per heavy atom. The molecule has 5 heteroatoms. The third-order valence-electron chi connectivity index (χ3n) is 0.718. The molecule has 0 heterocycles. The van der Waals surface area contributed by atoms with Gasteiger partial charge < -0.3 is 14.6 Å². The number of esters is 2. The average molecular weight is 178 g/mol. The number of ether oxygens (including phenoxy) is 2. The highest BCUT2D eigenvalue weighted by atomic mass is 16.6. The zero-order valence-electron chi connectivity index (χ0n) is 7.49. The van der Waals surface area contributed by atoms with Crippen LogP contribution in [0.25, 0.3) is 0 Å². The van der Waals surface area contributed by atoms with Gasteiger partial charge in [0.05, 0.1) is 13.2 Å². The van der Waals surface area contributed by atoms with Crippen LogP contribution in [0.2, 0.25) is 0 Å². The van der Waals surface area contributed by atoms with Crippen molar-refractivity contribution in [3.8, 4) is 0 Å². The number of aliphatic hydroxyl groups is 1. The van der Waals surface area contributed by atoms with Gasteiger partial charge in [0.1, 0.15) is 0 Å². The van der Waals surface area contributed by atoms with Gasteiger partial charge in [-0.15, -0.1) is 0 Å². The summed E-state index contributed by atoms with van der Waals surface area (Å²) in [4.78, 5) is 20.9. The van der Waals surface area contributed by atoms with Crippen molar-refractivity contribution in [2.75, 3.05) is 20.3 Å². The molecule has 0 rings (SSSR count). The molecule has 0 saturated heterocycles. The van der Waals surface area contributed by atoms with Gasteiger partial charge in [-0.1, -0.05) is 0 Å². The molecule has 72 valence electrons. The topological polar surface area (TPSA) is 72.8 Å². The zero-order chi connectivity index (χ0) is 9.98. The number of carbonyl (C=O) groups is 2. The fraction of sp³-hybridized carbons (Fsp3) is 0.714. The third-order valence-corrected chi connectivity index (χ3v) is 0.718. The fourth-order valence-electron chi connectivity index (χ4n) is 0.380. The highest BCUT2D eigenvalue weighted by Gasteiger charge is 2.14. The molecule has 0 aromatic heterocycles. The van der Waals surface area contributed by atoms with Gasteiger partial charge in [-0.05, 0) is 13.8 Å². The lowest BCUT2D eigenvalue weighted by Gasteiger charge is -1.99. The summed E-state index contributed by atoms with van der Waals surface area (Å²) >= 11 is 0. The predicted octanol–water partition coefficient (Wildman–Crippen LogP) is -0.279. The number of aliphatic hydroxyl groups excluding tert-OH is 1. The molecule has 0 fully saturated rings. The third kappa shape index (κ3) is 7.01. The average Bonchev–Trinajstić information content (AvgIpc) is 2.09. The van der Waals surface area contributed by atoms with Gasteiger partial charge in [0.2, 0.25) is 0 Å². The van der Waals surface area contributed by atoms with Gasteiger partial charge >= 0.3 is 11.9 Å². The minimum absolute atomic E-state index is 0.192. The molecule has 0 unspecified atom stereocenters. The van der Waals surface area contributed by atoms with E-state index in [9.17, 15) is 9.59 Å². The van der Waals surface area contributed by atoms with Gasteiger partial charge in [-0.2, -0.15) is 0 Å². The van der Waals surface area contributed by atoms with Gasteiger partial charge in [-0.25, -0.2) is 9.59 Å². The monoisotopic (exact) mass is 178 g/mol. The first kappa shape index (κ1) is 13.5. The standard InChI is InChI=1S/C6H10O4.CH4O/c1-3-9-5(7)6(8)10-4-2;1-2/h3-4H2,1-2H3;2H,1H3. The van der Waals surface area contributed by atoms with Crippen LogP contribution >= 0.6 is 0 Å². The maximum Gasteiger partial charge on any atom is 0.417 e. The van der Waals surface area contributed by atoms with Gasteiger partial charge in [-0.3, -0.25) is 0 Å². The Bertz CT molecular complexity index is 116. The van der Waals surface area contributed by atoms with Crippen LogP contribution in [0.5, 0.6) is 0 Å². The van der Waals surface area contributed by atoms with Crippen LogP contribution in [-0.2, 0) is 19.1 Å². The van der Waals surface area contributed by atoms with Crippen LogP contribution < -0.4 is 0 Å². The van der Waals surface area contributed by atoms with Crippen LogP contribution in [0.3, 0.4) is 0 Å². The second kappa shape index (κ2) is 9.90. The maximum absolute atomic E-state index is 10.4. The van der Waals surface area contributed by atoms with Crippen LogP contribution in [0.4, 0.5) is 0 Å². The van der Waals surface area contributed by atoms with Crippen LogP contribution in [0.1, 0.15) is 13.8 Å². The lowest BCUT2D eigenvalue weighted by molar-refractivity contribution is -0.167. The fourth-order valence-corrected chi connectivity index (χ4v) is 0.380. The Morgan fingerprint density at radius 1 is 1.00 bits per heavy atom. The summed E-state index contributed by atoms with van der Waals surface area (Å²) in [5.41, 5.74) is 0. The highest BCUT2D eigenvalue weighted by Crippen LogP contribution is 1.82. The van der Waals surface area contributed by atoms with Crippen LogP contribution in [-0.4, -0.2) is 37.4 Å². The van der Waals surface area contributed by atoms with E-state index in [1.165, 1.54) is 0 Å². The molecule has 0 aromatic rings. The first-order chi connectivity index (χ1) is 5.72.